The number of benzene rings is 1. The van der Waals surface area contributed by atoms with Gasteiger partial charge in [0, 0.05) is 6.07 Å². The first-order chi connectivity index (χ1) is 8.62. The molecule has 0 aliphatic heterocycles. The Morgan fingerprint density at radius 2 is 2.05 bits per heavy atom. The summed E-state index contributed by atoms with van der Waals surface area (Å²) in [5.74, 6) is -3.03. The number of alkyl halides is 3. The molecule has 9 heteroatoms. The SMILES string of the molecule is NC(=S)C(COc1cc(F)c(Cl)cc1Br)C(F)(F)F. The maximum atomic E-state index is 13.2. The molecule has 0 saturated heterocycles. The van der Waals surface area contributed by atoms with Gasteiger partial charge in [-0.25, -0.2) is 4.39 Å². The Morgan fingerprint density at radius 3 is 2.53 bits per heavy atom. The van der Waals surface area contributed by atoms with Gasteiger partial charge >= 0.3 is 6.18 Å². The first-order valence-electron chi connectivity index (χ1n) is 4.76. The van der Waals surface area contributed by atoms with Crippen molar-refractivity contribution in [2.24, 2.45) is 11.7 Å². The fourth-order valence-electron chi connectivity index (χ4n) is 1.13. The van der Waals surface area contributed by atoms with Crippen molar-refractivity contribution in [2.45, 2.75) is 6.18 Å². The molecule has 1 atom stereocenters. The summed E-state index contributed by atoms with van der Waals surface area (Å²) in [4.78, 5) is -0.738. The van der Waals surface area contributed by atoms with Gasteiger partial charge in [-0.1, -0.05) is 23.8 Å². The normalized spacial score (nSPS) is 13.2. The molecule has 0 heterocycles. The minimum Gasteiger partial charge on any atom is -0.491 e. The largest absolute Gasteiger partial charge is 0.491 e. The van der Waals surface area contributed by atoms with Gasteiger partial charge in [-0.3, -0.25) is 0 Å². The molecule has 1 rings (SSSR count). The summed E-state index contributed by atoms with van der Waals surface area (Å²) >= 11 is 12.8. The molecule has 0 spiro atoms. The lowest BCUT2D eigenvalue weighted by Crippen LogP contribution is -2.38. The molecule has 0 aromatic heterocycles. The highest BCUT2D eigenvalue weighted by atomic mass is 79.9. The third-order valence-corrected chi connectivity index (χ3v) is 3.31. The Labute approximate surface area is 125 Å². The number of rotatable bonds is 4. The predicted molar refractivity (Wildman–Crippen MR) is 70.9 cm³/mol. The highest BCUT2D eigenvalue weighted by Crippen LogP contribution is 2.32. The first-order valence-corrected chi connectivity index (χ1v) is 6.34. The van der Waals surface area contributed by atoms with Crippen LogP contribution in [0.15, 0.2) is 16.6 Å². The van der Waals surface area contributed by atoms with Crippen LogP contribution in [0.2, 0.25) is 5.02 Å². The maximum Gasteiger partial charge on any atom is 0.401 e. The lowest BCUT2D eigenvalue weighted by Gasteiger charge is -2.19. The number of hydrogen-bond acceptors (Lipinski definition) is 2. The van der Waals surface area contributed by atoms with Crippen molar-refractivity contribution >= 4 is 44.7 Å². The third kappa shape index (κ3) is 4.47. The van der Waals surface area contributed by atoms with E-state index in [2.05, 4.69) is 28.1 Å². The van der Waals surface area contributed by atoms with Gasteiger partial charge in [0.1, 0.15) is 24.1 Å². The Kier molecular flexibility index (Phi) is 5.40. The van der Waals surface area contributed by atoms with Gasteiger partial charge < -0.3 is 10.5 Å². The standard InChI is InChI=1S/C10H7BrClF4NOS/c11-5-1-6(12)7(13)2-8(5)18-3-4(9(17)19)10(14,15)16/h1-2,4H,3H2,(H2,17,19). The fraction of sp³-hybridized carbons (Fsp3) is 0.300. The van der Waals surface area contributed by atoms with Crippen LogP contribution in [0.3, 0.4) is 0 Å². The second-order valence-electron chi connectivity index (χ2n) is 3.50. The van der Waals surface area contributed by atoms with Gasteiger partial charge in [0.25, 0.3) is 0 Å². The van der Waals surface area contributed by atoms with Crippen molar-refractivity contribution in [3.63, 3.8) is 0 Å². The molecule has 0 fully saturated rings. The lowest BCUT2D eigenvalue weighted by molar-refractivity contribution is -0.161. The molecule has 1 aromatic carbocycles. The van der Waals surface area contributed by atoms with Crippen LogP contribution in [0.25, 0.3) is 0 Å². The fourth-order valence-corrected chi connectivity index (χ4v) is 2.08. The van der Waals surface area contributed by atoms with E-state index in [1.165, 1.54) is 6.07 Å². The molecule has 0 aliphatic carbocycles. The van der Waals surface area contributed by atoms with Crippen LogP contribution in [0.5, 0.6) is 5.75 Å². The summed E-state index contributed by atoms with van der Waals surface area (Å²) in [6.45, 7) is -0.835. The molecule has 0 saturated carbocycles. The molecule has 0 radical (unpaired) electrons. The lowest BCUT2D eigenvalue weighted by atomic mass is 10.1. The number of ether oxygens (including phenoxy) is 1. The summed E-state index contributed by atoms with van der Waals surface area (Å²) in [6, 6.07) is 2.05. The molecule has 2 nitrogen and oxygen atoms in total. The zero-order valence-electron chi connectivity index (χ0n) is 9.10. The van der Waals surface area contributed by atoms with E-state index in [0.29, 0.717) is 0 Å². The smallest absolute Gasteiger partial charge is 0.401 e. The highest BCUT2D eigenvalue weighted by molar-refractivity contribution is 9.10. The number of nitrogens with two attached hydrogens (primary N) is 1. The van der Waals surface area contributed by atoms with Crippen molar-refractivity contribution in [1.82, 2.24) is 0 Å². The molecular formula is C10H7BrClF4NOS. The number of halogens is 6. The van der Waals surface area contributed by atoms with E-state index >= 15 is 0 Å². The van der Waals surface area contributed by atoms with Crippen molar-refractivity contribution in [3.05, 3.63) is 27.4 Å². The van der Waals surface area contributed by atoms with E-state index in [-0.39, 0.29) is 15.2 Å². The molecule has 19 heavy (non-hydrogen) atoms. The Hall–Kier alpha value is -0.600. The summed E-state index contributed by atoms with van der Waals surface area (Å²) in [6.07, 6.45) is -4.62. The average molecular weight is 381 g/mol. The van der Waals surface area contributed by atoms with Crippen molar-refractivity contribution < 1.29 is 22.3 Å². The van der Waals surface area contributed by atoms with Gasteiger partial charge in [-0.05, 0) is 22.0 Å². The molecule has 0 bridgehead atoms. The Bertz CT molecular complexity index is 497. The summed E-state index contributed by atoms with van der Waals surface area (Å²) in [5.41, 5.74) is 5.00. The van der Waals surface area contributed by atoms with Crippen LogP contribution < -0.4 is 10.5 Å². The van der Waals surface area contributed by atoms with E-state index in [1.54, 1.807) is 0 Å². The highest BCUT2D eigenvalue weighted by Gasteiger charge is 2.42. The van der Waals surface area contributed by atoms with E-state index in [0.717, 1.165) is 6.07 Å². The quantitative estimate of drug-likeness (QED) is 0.485. The monoisotopic (exact) mass is 379 g/mol. The van der Waals surface area contributed by atoms with Crippen LogP contribution in [0.4, 0.5) is 17.6 Å². The van der Waals surface area contributed by atoms with E-state index < -0.39 is 29.5 Å². The minimum atomic E-state index is -4.62. The maximum absolute atomic E-state index is 13.2. The summed E-state index contributed by atoms with van der Waals surface area (Å²) in [7, 11) is 0. The Balaban J connectivity index is 2.86. The van der Waals surface area contributed by atoms with Crippen LogP contribution in [-0.2, 0) is 0 Å². The molecule has 0 amide bonds. The predicted octanol–water partition coefficient (Wildman–Crippen LogP) is 4.09. The van der Waals surface area contributed by atoms with Gasteiger partial charge in [0.15, 0.2) is 0 Å². The minimum absolute atomic E-state index is 0.118. The van der Waals surface area contributed by atoms with Crippen LogP contribution >= 0.6 is 39.7 Å². The average Bonchev–Trinajstić information content (AvgIpc) is 2.23. The Morgan fingerprint density at radius 1 is 1.47 bits per heavy atom. The van der Waals surface area contributed by atoms with Gasteiger partial charge in [0.2, 0.25) is 0 Å². The van der Waals surface area contributed by atoms with Crippen LogP contribution in [0, 0.1) is 11.7 Å². The zero-order chi connectivity index (χ0) is 14.8. The second-order valence-corrected chi connectivity index (χ2v) is 5.24. The molecule has 1 unspecified atom stereocenters. The van der Waals surface area contributed by atoms with Gasteiger partial charge in [-0.2, -0.15) is 13.2 Å². The molecule has 106 valence electrons. The van der Waals surface area contributed by atoms with Crippen molar-refractivity contribution in [1.29, 1.82) is 0 Å². The van der Waals surface area contributed by atoms with Crippen LogP contribution in [0.1, 0.15) is 0 Å². The number of hydrogen-bond donors (Lipinski definition) is 1. The van der Waals surface area contributed by atoms with E-state index in [9.17, 15) is 17.6 Å². The van der Waals surface area contributed by atoms with Crippen molar-refractivity contribution in [2.75, 3.05) is 6.61 Å². The molecule has 2 N–H and O–H groups in total. The second kappa shape index (κ2) is 6.23. The first kappa shape index (κ1) is 16.5. The zero-order valence-corrected chi connectivity index (χ0v) is 12.3. The van der Waals surface area contributed by atoms with Gasteiger partial charge in [0.05, 0.1) is 14.5 Å². The topological polar surface area (TPSA) is 35.2 Å². The van der Waals surface area contributed by atoms with E-state index in [1.807, 2.05) is 0 Å². The van der Waals surface area contributed by atoms with Crippen molar-refractivity contribution in [3.8, 4) is 5.75 Å². The third-order valence-electron chi connectivity index (χ3n) is 2.12. The molecule has 1 aromatic rings. The van der Waals surface area contributed by atoms with E-state index in [4.69, 9.17) is 22.1 Å². The molecule has 0 aliphatic rings. The van der Waals surface area contributed by atoms with Crippen LogP contribution in [-0.4, -0.2) is 17.8 Å². The summed E-state index contributed by atoms with van der Waals surface area (Å²) in [5, 5.41) is -0.180. The summed E-state index contributed by atoms with van der Waals surface area (Å²) < 4.78 is 56.0. The van der Waals surface area contributed by atoms with Gasteiger partial charge in [-0.15, -0.1) is 0 Å². The number of thiocarbonyl (C=S) groups is 1. The molecular weight excluding hydrogens is 374 g/mol.